The number of halogens is 1. The average Bonchev–Trinajstić information content (AvgIpc) is 2.30. The Morgan fingerprint density at radius 1 is 1.37 bits per heavy atom. The Hall–Kier alpha value is -0.670. The normalized spacial score (nSPS) is 26.5. The van der Waals surface area contributed by atoms with Crippen LogP contribution in [-0.2, 0) is 28.5 Å². The molecule has 1 heterocycles. The van der Waals surface area contributed by atoms with E-state index in [1.807, 2.05) is 6.92 Å². The fraction of sp³-hybridized carbons (Fsp3) is 0.667. The number of hydrogen-bond donors (Lipinski definition) is 0. The first-order chi connectivity index (χ1) is 8.93. The second-order valence-corrected chi connectivity index (χ2v) is 5.14. The van der Waals surface area contributed by atoms with Gasteiger partial charge in [0.15, 0.2) is 12.4 Å². The molecule has 1 aliphatic rings. The van der Waals surface area contributed by atoms with Gasteiger partial charge in [-0.2, -0.15) is 0 Å². The monoisotopic (exact) mass is 384 g/mol. The van der Waals surface area contributed by atoms with Crippen LogP contribution in [0.1, 0.15) is 20.8 Å². The molecule has 0 radical (unpaired) electrons. The molecule has 1 aliphatic heterocycles. The van der Waals surface area contributed by atoms with Gasteiger partial charge in [-0.15, -0.1) is 0 Å². The minimum atomic E-state index is -0.583. The minimum Gasteiger partial charge on any atom is -0.463 e. The fourth-order valence-corrected chi connectivity index (χ4v) is 2.23. The third-order valence-corrected chi connectivity index (χ3v) is 3.15. The largest absolute Gasteiger partial charge is 0.463 e. The van der Waals surface area contributed by atoms with E-state index >= 15 is 0 Å². The number of rotatable bonds is 5. The van der Waals surface area contributed by atoms with Gasteiger partial charge in [0.2, 0.25) is 0 Å². The Morgan fingerprint density at radius 2 is 2.05 bits per heavy atom. The molecule has 108 valence electrons. The molecule has 0 saturated heterocycles. The van der Waals surface area contributed by atoms with Crippen LogP contribution in [0.2, 0.25) is 0 Å². The van der Waals surface area contributed by atoms with Crippen LogP contribution in [0.15, 0.2) is 9.66 Å². The molecule has 3 atom stereocenters. The van der Waals surface area contributed by atoms with E-state index in [1.165, 1.54) is 13.8 Å². The summed E-state index contributed by atoms with van der Waals surface area (Å²) in [5, 5.41) is 0. The molecule has 19 heavy (non-hydrogen) atoms. The number of esters is 2. The molecule has 0 N–H and O–H groups in total. The standard InChI is InChI=1S/C12H17IO6/c1-4-16-12-9(13)5-10(18-8(3)15)11(19-12)6-17-7(2)14/h5,10-12H,4,6H2,1-3H3. The molecule has 1 rings (SSSR count). The lowest BCUT2D eigenvalue weighted by molar-refractivity contribution is -0.196. The number of hydrogen-bond acceptors (Lipinski definition) is 6. The summed E-state index contributed by atoms with van der Waals surface area (Å²) in [6.45, 7) is 4.98. The third kappa shape index (κ3) is 5.45. The van der Waals surface area contributed by atoms with Crippen molar-refractivity contribution in [3.05, 3.63) is 9.66 Å². The molecule has 0 spiro atoms. The smallest absolute Gasteiger partial charge is 0.303 e. The molecule has 6 nitrogen and oxygen atoms in total. The van der Waals surface area contributed by atoms with Gasteiger partial charge in [0, 0.05) is 24.0 Å². The topological polar surface area (TPSA) is 71.1 Å². The van der Waals surface area contributed by atoms with Crippen LogP contribution < -0.4 is 0 Å². The van der Waals surface area contributed by atoms with Crippen LogP contribution in [0, 0.1) is 0 Å². The van der Waals surface area contributed by atoms with E-state index in [4.69, 9.17) is 18.9 Å². The van der Waals surface area contributed by atoms with Crippen molar-refractivity contribution < 1.29 is 28.5 Å². The number of carbonyl (C=O) groups excluding carboxylic acids is 2. The minimum absolute atomic E-state index is 0.0112. The zero-order valence-corrected chi connectivity index (χ0v) is 13.2. The summed E-state index contributed by atoms with van der Waals surface area (Å²) in [5.74, 6) is -0.834. The van der Waals surface area contributed by atoms with E-state index in [0.717, 1.165) is 3.58 Å². The summed E-state index contributed by atoms with van der Waals surface area (Å²) >= 11 is 2.07. The second-order valence-electron chi connectivity index (χ2n) is 3.89. The SMILES string of the molecule is CCOC1OC(COC(C)=O)C(OC(C)=O)C=C1I. The van der Waals surface area contributed by atoms with Crippen LogP contribution in [0.5, 0.6) is 0 Å². The molecule has 0 aromatic rings. The van der Waals surface area contributed by atoms with Crippen molar-refractivity contribution in [2.45, 2.75) is 39.3 Å². The van der Waals surface area contributed by atoms with Gasteiger partial charge in [-0.1, -0.05) is 0 Å². The first-order valence-corrected chi connectivity index (χ1v) is 6.96. The molecule has 7 heteroatoms. The number of ether oxygens (including phenoxy) is 4. The molecule has 0 saturated carbocycles. The van der Waals surface area contributed by atoms with Gasteiger partial charge >= 0.3 is 11.9 Å². The lowest BCUT2D eigenvalue weighted by atomic mass is 10.1. The van der Waals surface area contributed by atoms with Crippen molar-refractivity contribution in [2.75, 3.05) is 13.2 Å². The Balaban J connectivity index is 2.76. The molecule has 0 amide bonds. The van der Waals surface area contributed by atoms with Gasteiger partial charge in [0.05, 0.1) is 0 Å². The Kier molecular flexibility index (Phi) is 6.73. The first-order valence-electron chi connectivity index (χ1n) is 5.89. The zero-order chi connectivity index (χ0) is 14.4. The van der Waals surface area contributed by atoms with Crippen molar-refractivity contribution in [2.24, 2.45) is 0 Å². The van der Waals surface area contributed by atoms with Gasteiger partial charge in [-0.05, 0) is 35.6 Å². The molecule has 0 aromatic carbocycles. The summed E-state index contributed by atoms with van der Waals surface area (Å²) in [6, 6.07) is 0. The van der Waals surface area contributed by atoms with Crippen molar-refractivity contribution in [1.82, 2.24) is 0 Å². The van der Waals surface area contributed by atoms with E-state index in [1.54, 1.807) is 6.08 Å². The fourth-order valence-electron chi connectivity index (χ4n) is 1.55. The molecular formula is C12H17IO6. The number of carbonyl (C=O) groups is 2. The maximum atomic E-state index is 11.1. The van der Waals surface area contributed by atoms with Crippen LogP contribution in [0.4, 0.5) is 0 Å². The lowest BCUT2D eigenvalue weighted by Gasteiger charge is -2.33. The van der Waals surface area contributed by atoms with E-state index in [-0.39, 0.29) is 6.61 Å². The van der Waals surface area contributed by atoms with Gasteiger partial charge in [-0.25, -0.2) is 0 Å². The maximum absolute atomic E-state index is 11.1. The van der Waals surface area contributed by atoms with Crippen molar-refractivity contribution in [1.29, 1.82) is 0 Å². The van der Waals surface area contributed by atoms with Gasteiger partial charge < -0.3 is 18.9 Å². The Labute approximate surface area is 125 Å². The molecule has 0 fully saturated rings. The quantitative estimate of drug-likeness (QED) is 0.529. The van der Waals surface area contributed by atoms with E-state index in [0.29, 0.717) is 6.61 Å². The predicted octanol–water partition coefficient (Wildman–Crippen LogP) is 1.56. The third-order valence-electron chi connectivity index (χ3n) is 2.28. The van der Waals surface area contributed by atoms with Gasteiger partial charge in [-0.3, -0.25) is 9.59 Å². The maximum Gasteiger partial charge on any atom is 0.303 e. The predicted molar refractivity (Wildman–Crippen MR) is 74.6 cm³/mol. The molecule has 3 unspecified atom stereocenters. The van der Waals surface area contributed by atoms with E-state index in [2.05, 4.69) is 22.6 Å². The highest BCUT2D eigenvalue weighted by Gasteiger charge is 2.34. The highest BCUT2D eigenvalue weighted by molar-refractivity contribution is 14.1. The summed E-state index contributed by atoms with van der Waals surface area (Å²) in [4.78, 5) is 21.9. The summed E-state index contributed by atoms with van der Waals surface area (Å²) < 4.78 is 21.9. The summed E-state index contributed by atoms with van der Waals surface area (Å²) in [6.07, 6.45) is 0.0845. The molecular weight excluding hydrogens is 367 g/mol. The van der Waals surface area contributed by atoms with Crippen LogP contribution in [0.25, 0.3) is 0 Å². The second kappa shape index (κ2) is 7.81. The zero-order valence-electron chi connectivity index (χ0n) is 11.1. The summed E-state index contributed by atoms with van der Waals surface area (Å²) in [5.41, 5.74) is 0. The summed E-state index contributed by atoms with van der Waals surface area (Å²) in [7, 11) is 0. The van der Waals surface area contributed by atoms with E-state index in [9.17, 15) is 9.59 Å². The van der Waals surface area contributed by atoms with Crippen molar-refractivity contribution in [3.63, 3.8) is 0 Å². The lowest BCUT2D eigenvalue weighted by Crippen LogP contribution is -2.43. The molecule has 0 bridgehead atoms. The van der Waals surface area contributed by atoms with Crippen LogP contribution in [-0.4, -0.2) is 43.7 Å². The first kappa shape index (κ1) is 16.4. The molecule has 0 aliphatic carbocycles. The van der Waals surface area contributed by atoms with Crippen molar-refractivity contribution >= 4 is 34.5 Å². The van der Waals surface area contributed by atoms with Crippen molar-refractivity contribution in [3.8, 4) is 0 Å². The molecule has 0 aromatic heterocycles. The van der Waals surface area contributed by atoms with Crippen LogP contribution in [0.3, 0.4) is 0 Å². The van der Waals surface area contributed by atoms with Gasteiger partial charge in [0.1, 0.15) is 12.7 Å². The Morgan fingerprint density at radius 3 is 2.58 bits per heavy atom. The van der Waals surface area contributed by atoms with E-state index < -0.39 is 30.4 Å². The highest BCUT2D eigenvalue weighted by atomic mass is 127. The average molecular weight is 384 g/mol. The van der Waals surface area contributed by atoms with Crippen LogP contribution >= 0.6 is 22.6 Å². The van der Waals surface area contributed by atoms with Gasteiger partial charge in [0.25, 0.3) is 0 Å². The highest BCUT2D eigenvalue weighted by Crippen LogP contribution is 2.27. The Bertz CT molecular complexity index is 367.